The Balaban J connectivity index is 1.44. The van der Waals surface area contributed by atoms with Gasteiger partial charge in [-0.2, -0.15) is 18.0 Å². The van der Waals surface area contributed by atoms with Gasteiger partial charge in [0.2, 0.25) is 11.6 Å². The van der Waals surface area contributed by atoms with Crippen molar-refractivity contribution in [1.29, 1.82) is 0 Å². The van der Waals surface area contributed by atoms with Crippen LogP contribution in [0.1, 0.15) is 50.2 Å². The van der Waals surface area contributed by atoms with E-state index in [0.717, 1.165) is 11.1 Å². The Kier molecular flexibility index (Phi) is 6.01. The van der Waals surface area contributed by atoms with Crippen molar-refractivity contribution in [3.63, 3.8) is 0 Å². The monoisotopic (exact) mass is 534 g/mol. The van der Waals surface area contributed by atoms with Crippen molar-refractivity contribution >= 4 is 23.2 Å². The highest BCUT2D eigenvalue weighted by molar-refractivity contribution is 6.31. The second-order valence-corrected chi connectivity index (χ2v) is 10.8. The Morgan fingerprint density at radius 2 is 1.84 bits per heavy atom. The van der Waals surface area contributed by atoms with Gasteiger partial charge in [-0.1, -0.05) is 36.7 Å². The smallest absolute Gasteiger partial charge is 0.299 e. The van der Waals surface area contributed by atoms with E-state index in [2.05, 4.69) is 15.4 Å². The highest BCUT2D eigenvalue weighted by atomic mass is 35.5. The minimum absolute atomic E-state index is 0.0606. The summed E-state index contributed by atoms with van der Waals surface area (Å²) in [7, 11) is 1.58. The molecular weight excluding hydrogens is 512 g/mol. The lowest BCUT2D eigenvalue weighted by atomic mass is 9.75. The minimum Gasteiger partial charge on any atom is -0.299 e. The number of hydrogen-bond donors (Lipinski definition) is 0. The Hall–Kier alpha value is -3.14. The quantitative estimate of drug-likeness (QED) is 0.358. The summed E-state index contributed by atoms with van der Waals surface area (Å²) in [5, 5.41) is 12.1. The molecule has 194 valence electrons. The molecule has 0 radical (unpaired) electrons. The summed E-state index contributed by atoms with van der Waals surface area (Å²) in [6.07, 6.45) is -3.78. The summed E-state index contributed by atoms with van der Waals surface area (Å²) in [6.45, 7) is 1.92. The molecule has 1 unspecified atom stereocenters. The zero-order valence-electron chi connectivity index (χ0n) is 20.1. The molecule has 1 fully saturated rings. The lowest BCUT2D eigenvalue weighted by molar-refractivity contribution is -0.172. The maximum absolute atomic E-state index is 15.0. The summed E-state index contributed by atoms with van der Waals surface area (Å²) in [5.41, 5.74) is 1.46. The molecule has 2 aromatic carbocycles. The lowest BCUT2D eigenvalue weighted by Gasteiger charge is -2.27. The van der Waals surface area contributed by atoms with Gasteiger partial charge in [-0.05, 0) is 70.7 Å². The number of hydrogen-bond acceptors (Lipinski definition) is 5. The average Bonchev–Trinajstić information content (AvgIpc) is 3.36. The third-order valence-electron chi connectivity index (χ3n) is 7.61. The number of Topliss-reactive ketones (excluding diaryl/α,β-unsaturated/α-hetero) is 2. The largest absolute Gasteiger partial charge is 0.450 e. The SMILES string of the molecule is Cn1nnc(-c2c(F)cc(Cl)cc2-c2ccc3c(c2)CCC3(C)CC(=O)C2(CC(=O)C(F)(F)F)CC2)n1. The van der Waals surface area contributed by atoms with Crippen LogP contribution in [-0.2, 0) is 28.5 Å². The number of rotatable bonds is 7. The van der Waals surface area contributed by atoms with Crippen LogP contribution < -0.4 is 0 Å². The van der Waals surface area contributed by atoms with Gasteiger partial charge in [-0.3, -0.25) is 9.59 Å². The van der Waals surface area contributed by atoms with Crippen LogP contribution in [-0.4, -0.2) is 38.0 Å². The molecule has 2 aliphatic rings. The molecule has 11 heteroatoms. The number of halogens is 5. The maximum atomic E-state index is 15.0. The standard InChI is InChI=1S/C26H23ClF4N4O2/c1-24(12-20(36)25(7-8-25)13-21(37)26(29,30)31)6-5-15-9-14(3-4-18(15)24)17-10-16(27)11-19(28)22(17)23-32-34-35(2)33-23/h3-4,9-11H,5-8,12-13H2,1-2H3. The first-order valence-corrected chi connectivity index (χ1v) is 12.2. The fraction of sp³-hybridized carbons (Fsp3) is 0.423. The fourth-order valence-corrected chi connectivity index (χ4v) is 5.56. The molecule has 0 saturated heterocycles. The first-order chi connectivity index (χ1) is 17.3. The second-order valence-electron chi connectivity index (χ2n) is 10.3. The highest BCUT2D eigenvalue weighted by Crippen LogP contribution is 2.54. The van der Waals surface area contributed by atoms with Crippen LogP contribution in [0.25, 0.3) is 22.5 Å². The summed E-state index contributed by atoms with van der Waals surface area (Å²) < 4.78 is 53.4. The summed E-state index contributed by atoms with van der Waals surface area (Å²) in [4.78, 5) is 25.9. The first kappa shape index (κ1) is 25.5. The van der Waals surface area contributed by atoms with Crippen molar-refractivity contribution in [3.05, 3.63) is 52.3 Å². The van der Waals surface area contributed by atoms with Crippen LogP contribution in [0, 0.1) is 11.2 Å². The van der Waals surface area contributed by atoms with E-state index < -0.39 is 35.0 Å². The molecule has 0 spiro atoms. The van der Waals surface area contributed by atoms with Gasteiger partial charge in [0.1, 0.15) is 11.6 Å². The Morgan fingerprint density at radius 3 is 2.46 bits per heavy atom. The van der Waals surface area contributed by atoms with Crippen LogP contribution in [0.2, 0.25) is 5.02 Å². The van der Waals surface area contributed by atoms with E-state index in [1.807, 2.05) is 19.1 Å². The van der Waals surface area contributed by atoms with Crippen molar-refractivity contribution in [2.24, 2.45) is 12.5 Å². The molecule has 1 atom stereocenters. The molecule has 0 N–H and O–H groups in total. The van der Waals surface area contributed by atoms with Crippen molar-refractivity contribution in [1.82, 2.24) is 20.2 Å². The van der Waals surface area contributed by atoms with Crippen molar-refractivity contribution in [2.75, 3.05) is 0 Å². The van der Waals surface area contributed by atoms with E-state index in [1.165, 1.54) is 10.9 Å². The first-order valence-electron chi connectivity index (χ1n) is 11.8. The van der Waals surface area contributed by atoms with Crippen molar-refractivity contribution in [3.8, 4) is 22.5 Å². The molecule has 3 aromatic rings. The average molecular weight is 535 g/mol. The number of carbonyl (C=O) groups is 2. The zero-order valence-corrected chi connectivity index (χ0v) is 20.9. The highest BCUT2D eigenvalue weighted by Gasteiger charge is 2.55. The van der Waals surface area contributed by atoms with Gasteiger partial charge >= 0.3 is 6.18 Å². The van der Waals surface area contributed by atoms with Crippen molar-refractivity contribution < 1.29 is 27.2 Å². The van der Waals surface area contributed by atoms with Crippen LogP contribution in [0.15, 0.2) is 30.3 Å². The van der Waals surface area contributed by atoms with Gasteiger partial charge in [0.05, 0.1) is 12.6 Å². The molecule has 2 aliphatic carbocycles. The predicted molar refractivity (Wildman–Crippen MR) is 127 cm³/mol. The topological polar surface area (TPSA) is 77.7 Å². The Morgan fingerprint density at radius 1 is 1.11 bits per heavy atom. The van der Waals surface area contributed by atoms with Gasteiger partial charge in [0, 0.05) is 23.3 Å². The van der Waals surface area contributed by atoms with Crippen LogP contribution in [0.3, 0.4) is 0 Å². The number of nitrogens with zero attached hydrogens (tertiary/aromatic N) is 4. The summed E-state index contributed by atoms with van der Waals surface area (Å²) >= 11 is 6.16. The molecule has 0 amide bonds. The molecule has 1 saturated carbocycles. The van der Waals surface area contributed by atoms with E-state index in [9.17, 15) is 27.2 Å². The third kappa shape index (κ3) is 4.67. The van der Waals surface area contributed by atoms with E-state index >= 15 is 0 Å². The number of carbonyl (C=O) groups excluding carboxylic acids is 2. The fourth-order valence-electron chi connectivity index (χ4n) is 5.35. The predicted octanol–water partition coefficient (Wildman–Crippen LogP) is 5.80. The minimum atomic E-state index is -4.93. The maximum Gasteiger partial charge on any atom is 0.450 e. The van der Waals surface area contributed by atoms with E-state index in [0.29, 0.717) is 36.8 Å². The van der Waals surface area contributed by atoms with Crippen LogP contribution >= 0.6 is 11.6 Å². The number of ketones is 2. The molecule has 0 bridgehead atoms. The van der Waals surface area contributed by atoms with Gasteiger partial charge < -0.3 is 0 Å². The number of tetrazole rings is 1. The molecular formula is C26H23ClF4N4O2. The number of aromatic nitrogens is 4. The van der Waals surface area contributed by atoms with Gasteiger partial charge in [-0.15, -0.1) is 10.2 Å². The van der Waals surface area contributed by atoms with Gasteiger partial charge in [-0.25, -0.2) is 4.39 Å². The molecule has 1 heterocycles. The van der Waals surface area contributed by atoms with E-state index in [-0.39, 0.29) is 28.6 Å². The summed E-state index contributed by atoms with van der Waals surface area (Å²) in [5.74, 6) is -2.61. The molecule has 6 nitrogen and oxygen atoms in total. The number of fused-ring (bicyclic) bond motifs is 1. The van der Waals surface area contributed by atoms with Crippen molar-refractivity contribution in [2.45, 2.75) is 57.0 Å². The second kappa shape index (κ2) is 8.72. The normalized spacial score (nSPS) is 20.1. The molecule has 5 rings (SSSR count). The van der Waals surface area contributed by atoms with Crippen LogP contribution in [0.5, 0.6) is 0 Å². The Labute approximate surface area is 215 Å². The van der Waals surface area contributed by atoms with E-state index in [4.69, 9.17) is 11.6 Å². The Bertz CT molecular complexity index is 1430. The third-order valence-corrected chi connectivity index (χ3v) is 7.83. The number of alkyl halides is 3. The summed E-state index contributed by atoms with van der Waals surface area (Å²) in [6, 6.07) is 8.40. The molecule has 1 aromatic heterocycles. The molecule has 0 aliphatic heterocycles. The van der Waals surface area contributed by atoms with Gasteiger partial charge in [0.25, 0.3) is 0 Å². The van der Waals surface area contributed by atoms with Gasteiger partial charge in [0.15, 0.2) is 0 Å². The van der Waals surface area contributed by atoms with E-state index in [1.54, 1.807) is 19.2 Å². The number of benzene rings is 2. The number of aryl methyl sites for hydroxylation is 2. The van der Waals surface area contributed by atoms with Crippen LogP contribution in [0.4, 0.5) is 17.6 Å². The lowest BCUT2D eigenvalue weighted by Crippen LogP contribution is -2.32. The zero-order chi connectivity index (χ0) is 26.8. The molecule has 37 heavy (non-hydrogen) atoms.